The van der Waals surface area contributed by atoms with E-state index in [9.17, 15) is 18.0 Å². The number of sulfonamides is 1. The third-order valence-electron chi connectivity index (χ3n) is 5.35. The maximum absolute atomic E-state index is 13.5. The number of rotatable bonds is 10. The van der Waals surface area contributed by atoms with Gasteiger partial charge in [0.05, 0.1) is 22.0 Å². The smallest absolute Gasteiger partial charge is 0.244 e. The highest BCUT2D eigenvalue weighted by Crippen LogP contribution is 2.33. The van der Waals surface area contributed by atoms with Gasteiger partial charge in [-0.25, -0.2) is 8.42 Å². The molecule has 0 aliphatic rings. The normalized spacial score (nSPS) is 13.1. The van der Waals surface area contributed by atoms with Gasteiger partial charge in [-0.3, -0.25) is 13.9 Å². The summed E-state index contributed by atoms with van der Waals surface area (Å²) in [5.41, 5.74) is 0.687. The summed E-state index contributed by atoms with van der Waals surface area (Å²) in [6, 6.07) is 10.5. The van der Waals surface area contributed by atoms with Crippen molar-refractivity contribution in [3.63, 3.8) is 0 Å². The minimum atomic E-state index is -3.92. The Morgan fingerprint density at radius 3 is 2.21 bits per heavy atom. The molecular weight excluding hydrogens is 521 g/mol. The molecule has 0 saturated carbocycles. The van der Waals surface area contributed by atoms with Crippen molar-refractivity contribution >= 4 is 62.3 Å². The standard InChI is InChI=1S/C23H28Cl3N3O4S/c1-5-15(2)27-23(31)16(3)28(13-17-9-6-7-10-18(17)24)21(30)14-29(34(4,32)33)20-12-8-11-19(25)22(20)26/h6-12,15-16H,5,13-14H2,1-4H3,(H,27,31). The van der Waals surface area contributed by atoms with Gasteiger partial charge in [-0.05, 0) is 44.0 Å². The van der Waals surface area contributed by atoms with Crippen molar-refractivity contribution in [3.05, 3.63) is 63.1 Å². The van der Waals surface area contributed by atoms with Gasteiger partial charge < -0.3 is 10.2 Å². The number of nitrogens with zero attached hydrogens (tertiary/aromatic N) is 2. The Morgan fingerprint density at radius 1 is 1.00 bits per heavy atom. The third kappa shape index (κ3) is 7.25. The van der Waals surface area contributed by atoms with E-state index in [1.54, 1.807) is 31.2 Å². The summed E-state index contributed by atoms with van der Waals surface area (Å²) in [5.74, 6) is -0.963. The van der Waals surface area contributed by atoms with Gasteiger partial charge in [0.15, 0.2) is 0 Å². The maximum atomic E-state index is 13.5. The van der Waals surface area contributed by atoms with Gasteiger partial charge in [0.25, 0.3) is 0 Å². The minimum Gasteiger partial charge on any atom is -0.352 e. The topological polar surface area (TPSA) is 86.8 Å². The fourth-order valence-corrected chi connectivity index (χ4v) is 4.64. The number of hydrogen-bond donors (Lipinski definition) is 1. The molecule has 0 saturated heterocycles. The number of carbonyl (C=O) groups is 2. The first-order chi connectivity index (χ1) is 15.9. The van der Waals surface area contributed by atoms with E-state index in [4.69, 9.17) is 34.8 Å². The summed E-state index contributed by atoms with van der Waals surface area (Å²) in [6.45, 7) is 4.81. The molecule has 0 spiro atoms. The zero-order valence-electron chi connectivity index (χ0n) is 19.4. The SMILES string of the molecule is CCC(C)NC(=O)C(C)N(Cc1ccccc1Cl)C(=O)CN(c1cccc(Cl)c1Cl)S(C)(=O)=O. The summed E-state index contributed by atoms with van der Waals surface area (Å²) in [5, 5.41) is 3.43. The molecule has 2 unspecified atom stereocenters. The molecule has 0 aliphatic carbocycles. The third-order valence-corrected chi connectivity index (χ3v) is 7.65. The largest absolute Gasteiger partial charge is 0.352 e. The summed E-state index contributed by atoms with van der Waals surface area (Å²) in [7, 11) is -3.92. The van der Waals surface area contributed by atoms with Crippen LogP contribution in [-0.2, 0) is 26.2 Å². The van der Waals surface area contributed by atoms with Gasteiger partial charge in [-0.15, -0.1) is 0 Å². The average Bonchev–Trinajstić information content (AvgIpc) is 2.77. The highest BCUT2D eigenvalue weighted by Gasteiger charge is 2.31. The summed E-state index contributed by atoms with van der Waals surface area (Å²) < 4.78 is 26.1. The summed E-state index contributed by atoms with van der Waals surface area (Å²) >= 11 is 18.6. The zero-order chi connectivity index (χ0) is 25.6. The fourth-order valence-electron chi connectivity index (χ4n) is 3.14. The Hall–Kier alpha value is -2.00. The Balaban J connectivity index is 2.45. The van der Waals surface area contributed by atoms with Crippen molar-refractivity contribution in [1.29, 1.82) is 0 Å². The van der Waals surface area contributed by atoms with E-state index in [0.717, 1.165) is 10.6 Å². The van der Waals surface area contributed by atoms with E-state index in [-0.39, 0.29) is 34.2 Å². The predicted octanol–water partition coefficient (Wildman–Crippen LogP) is 4.74. The van der Waals surface area contributed by atoms with Crippen LogP contribution in [0.1, 0.15) is 32.8 Å². The van der Waals surface area contributed by atoms with Crippen molar-refractivity contribution in [2.45, 2.75) is 45.8 Å². The van der Waals surface area contributed by atoms with Crippen LogP contribution in [0, 0.1) is 0 Å². The van der Waals surface area contributed by atoms with Crippen LogP contribution in [-0.4, -0.2) is 50.0 Å². The van der Waals surface area contributed by atoms with E-state index in [1.165, 1.54) is 23.1 Å². The molecule has 34 heavy (non-hydrogen) atoms. The molecule has 2 aromatic rings. The maximum Gasteiger partial charge on any atom is 0.244 e. The lowest BCUT2D eigenvalue weighted by Crippen LogP contribution is -2.52. The zero-order valence-corrected chi connectivity index (χ0v) is 22.5. The monoisotopic (exact) mass is 547 g/mol. The molecule has 0 aliphatic heterocycles. The van der Waals surface area contributed by atoms with E-state index < -0.39 is 28.5 Å². The van der Waals surface area contributed by atoms with Crippen LogP contribution in [0.2, 0.25) is 15.1 Å². The van der Waals surface area contributed by atoms with Crippen LogP contribution in [0.15, 0.2) is 42.5 Å². The van der Waals surface area contributed by atoms with Crippen LogP contribution in [0.3, 0.4) is 0 Å². The molecule has 0 bridgehead atoms. The molecule has 1 N–H and O–H groups in total. The van der Waals surface area contributed by atoms with Crippen molar-refractivity contribution in [3.8, 4) is 0 Å². The van der Waals surface area contributed by atoms with Gasteiger partial charge in [0, 0.05) is 17.6 Å². The average molecular weight is 549 g/mol. The Kier molecular flexibility index (Phi) is 10.1. The highest BCUT2D eigenvalue weighted by molar-refractivity contribution is 7.92. The van der Waals surface area contributed by atoms with Crippen LogP contribution < -0.4 is 9.62 Å². The number of benzene rings is 2. The molecule has 2 amide bonds. The van der Waals surface area contributed by atoms with Gasteiger partial charge in [-0.1, -0.05) is 66.0 Å². The lowest BCUT2D eigenvalue weighted by molar-refractivity contribution is -0.139. The lowest BCUT2D eigenvalue weighted by Gasteiger charge is -2.32. The van der Waals surface area contributed by atoms with Crippen LogP contribution in [0.4, 0.5) is 5.69 Å². The van der Waals surface area contributed by atoms with Crippen molar-refractivity contribution in [2.24, 2.45) is 0 Å². The minimum absolute atomic E-state index is 0.00241. The molecule has 7 nitrogen and oxygen atoms in total. The number of carbonyl (C=O) groups excluding carboxylic acids is 2. The second kappa shape index (κ2) is 12.1. The van der Waals surface area contributed by atoms with E-state index >= 15 is 0 Å². The summed E-state index contributed by atoms with van der Waals surface area (Å²) in [6.07, 6.45) is 1.68. The Morgan fingerprint density at radius 2 is 1.62 bits per heavy atom. The molecular formula is C23H28Cl3N3O4S. The lowest BCUT2D eigenvalue weighted by atomic mass is 10.1. The number of amides is 2. The van der Waals surface area contributed by atoms with E-state index in [0.29, 0.717) is 17.0 Å². The van der Waals surface area contributed by atoms with Crippen LogP contribution in [0.5, 0.6) is 0 Å². The Bertz CT molecular complexity index is 1140. The van der Waals surface area contributed by atoms with Gasteiger partial charge in [-0.2, -0.15) is 0 Å². The van der Waals surface area contributed by atoms with Crippen LogP contribution in [0.25, 0.3) is 0 Å². The molecule has 0 radical (unpaired) electrons. The van der Waals surface area contributed by atoms with Crippen molar-refractivity contribution in [1.82, 2.24) is 10.2 Å². The van der Waals surface area contributed by atoms with E-state index in [2.05, 4.69) is 5.32 Å². The highest BCUT2D eigenvalue weighted by atomic mass is 35.5. The molecule has 2 atom stereocenters. The molecule has 2 rings (SSSR count). The first kappa shape index (κ1) is 28.2. The molecule has 186 valence electrons. The molecule has 0 heterocycles. The van der Waals surface area contributed by atoms with Crippen molar-refractivity contribution < 1.29 is 18.0 Å². The Labute approximate surface area is 216 Å². The van der Waals surface area contributed by atoms with Crippen LogP contribution >= 0.6 is 34.8 Å². The first-order valence-corrected chi connectivity index (χ1v) is 13.6. The fraction of sp³-hybridized carbons (Fsp3) is 0.391. The number of halogens is 3. The second-order valence-electron chi connectivity index (χ2n) is 7.95. The molecule has 2 aromatic carbocycles. The second-order valence-corrected chi connectivity index (χ2v) is 11.0. The van der Waals surface area contributed by atoms with Gasteiger partial charge in [0.2, 0.25) is 21.8 Å². The van der Waals surface area contributed by atoms with E-state index in [1.807, 2.05) is 13.8 Å². The quantitative estimate of drug-likeness (QED) is 0.464. The number of hydrogen-bond acceptors (Lipinski definition) is 4. The summed E-state index contributed by atoms with van der Waals surface area (Å²) in [4.78, 5) is 27.7. The first-order valence-electron chi connectivity index (χ1n) is 10.6. The van der Waals surface area contributed by atoms with Gasteiger partial charge >= 0.3 is 0 Å². The molecule has 0 fully saturated rings. The van der Waals surface area contributed by atoms with Crippen molar-refractivity contribution in [2.75, 3.05) is 17.1 Å². The van der Waals surface area contributed by atoms with Gasteiger partial charge in [0.1, 0.15) is 12.6 Å². The number of nitrogens with one attached hydrogen (secondary N) is 1. The molecule has 0 aromatic heterocycles. The number of anilines is 1. The molecule has 11 heteroatoms. The predicted molar refractivity (Wildman–Crippen MR) is 138 cm³/mol.